The van der Waals surface area contributed by atoms with Crippen molar-refractivity contribution in [2.24, 2.45) is 0 Å². The first-order valence-corrected chi connectivity index (χ1v) is 7.48. The van der Waals surface area contributed by atoms with Crippen molar-refractivity contribution in [1.29, 1.82) is 0 Å². The van der Waals surface area contributed by atoms with Crippen LogP contribution in [0.15, 0.2) is 51.7 Å². The lowest BCUT2D eigenvalue weighted by Gasteiger charge is -2.08. The highest BCUT2D eigenvalue weighted by Gasteiger charge is 2.13. The van der Waals surface area contributed by atoms with Crippen LogP contribution in [0.25, 0.3) is 11.0 Å². The molecule has 0 bridgehead atoms. The Labute approximate surface area is 138 Å². The van der Waals surface area contributed by atoms with Crippen molar-refractivity contribution in [3.8, 4) is 5.75 Å². The first kappa shape index (κ1) is 15.8. The van der Waals surface area contributed by atoms with Gasteiger partial charge in [0.25, 0.3) is 5.91 Å². The fourth-order valence-corrected chi connectivity index (χ4v) is 2.42. The van der Waals surface area contributed by atoms with Crippen molar-refractivity contribution in [1.82, 2.24) is 0 Å². The van der Waals surface area contributed by atoms with Gasteiger partial charge in [0.2, 0.25) is 0 Å². The Morgan fingerprint density at radius 2 is 1.83 bits per heavy atom. The van der Waals surface area contributed by atoms with Gasteiger partial charge in [0, 0.05) is 17.8 Å². The molecule has 1 amide bonds. The van der Waals surface area contributed by atoms with Gasteiger partial charge < -0.3 is 14.5 Å². The highest BCUT2D eigenvalue weighted by molar-refractivity contribution is 6.03. The van der Waals surface area contributed by atoms with Crippen LogP contribution in [0.5, 0.6) is 5.75 Å². The van der Waals surface area contributed by atoms with E-state index in [2.05, 4.69) is 5.32 Å². The van der Waals surface area contributed by atoms with Gasteiger partial charge in [-0.3, -0.25) is 9.59 Å². The van der Waals surface area contributed by atoms with Crippen molar-refractivity contribution in [3.63, 3.8) is 0 Å². The second kappa shape index (κ2) is 6.20. The van der Waals surface area contributed by atoms with Gasteiger partial charge in [-0.25, -0.2) is 0 Å². The molecular weight excluding hydrogens is 306 g/mol. The number of ether oxygens (including phenoxy) is 1. The van der Waals surface area contributed by atoms with E-state index < -0.39 is 5.91 Å². The molecule has 5 heteroatoms. The standard InChI is InChI=1S/C19H17NO4/c1-11-7-15-16(21)10-18(24-17(15)8-12(11)2)19(22)20-13-5-4-6-14(9-13)23-3/h4-10H,1-3H3,(H,20,22). The molecule has 5 nitrogen and oxygen atoms in total. The van der Waals surface area contributed by atoms with Crippen molar-refractivity contribution in [2.75, 3.05) is 12.4 Å². The van der Waals surface area contributed by atoms with Crippen molar-refractivity contribution < 1.29 is 13.9 Å². The van der Waals surface area contributed by atoms with Crippen molar-refractivity contribution >= 4 is 22.6 Å². The Balaban J connectivity index is 1.98. The van der Waals surface area contributed by atoms with E-state index in [9.17, 15) is 9.59 Å². The second-order valence-electron chi connectivity index (χ2n) is 5.59. The summed E-state index contributed by atoms with van der Waals surface area (Å²) in [5, 5.41) is 3.17. The summed E-state index contributed by atoms with van der Waals surface area (Å²) in [6, 6.07) is 11.7. The fourth-order valence-electron chi connectivity index (χ4n) is 2.42. The van der Waals surface area contributed by atoms with Gasteiger partial charge in [-0.1, -0.05) is 6.07 Å². The van der Waals surface area contributed by atoms with Gasteiger partial charge in [-0.2, -0.15) is 0 Å². The minimum Gasteiger partial charge on any atom is -0.497 e. The van der Waals surface area contributed by atoms with Crippen LogP contribution in [0, 0.1) is 13.8 Å². The van der Waals surface area contributed by atoms with Gasteiger partial charge >= 0.3 is 0 Å². The average Bonchev–Trinajstić information content (AvgIpc) is 2.56. The average molecular weight is 323 g/mol. The molecule has 122 valence electrons. The highest BCUT2D eigenvalue weighted by Crippen LogP contribution is 2.20. The maximum Gasteiger partial charge on any atom is 0.291 e. The van der Waals surface area contributed by atoms with E-state index >= 15 is 0 Å². The highest BCUT2D eigenvalue weighted by atomic mass is 16.5. The smallest absolute Gasteiger partial charge is 0.291 e. The third-order valence-corrected chi connectivity index (χ3v) is 3.89. The predicted molar refractivity (Wildman–Crippen MR) is 92.9 cm³/mol. The molecular formula is C19H17NO4. The Bertz CT molecular complexity index is 988. The number of fused-ring (bicyclic) bond motifs is 1. The maximum atomic E-state index is 12.4. The molecule has 0 aliphatic rings. The number of hydrogen-bond donors (Lipinski definition) is 1. The normalized spacial score (nSPS) is 10.6. The summed E-state index contributed by atoms with van der Waals surface area (Å²) in [4.78, 5) is 24.6. The third kappa shape index (κ3) is 3.01. The molecule has 1 aromatic heterocycles. The topological polar surface area (TPSA) is 68.5 Å². The summed E-state index contributed by atoms with van der Waals surface area (Å²) in [5.41, 5.74) is 2.72. The van der Waals surface area contributed by atoms with Gasteiger partial charge in [0.1, 0.15) is 11.3 Å². The SMILES string of the molecule is COc1cccc(NC(=O)c2cc(=O)c3cc(C)c(C)cc3o2)c1. The Morgan fingerprint density at radius 3 is 2.58 bits per heavy atom. The molecule has 3 aromatic rings. The molecule has 0 atom stereocenters. The zero-order valence-corrected chi connectivity index (χ0v) is 13.7. The largest absolute Gasteiger partial charge is 0.497 e. The van der Waals surface area contributed by atoms with E-state index in [-0.39, 0.29) is 11.2 Å². The summed E-state index contributed by atoms with van der Waals surface area (Å²) < 4.78 is 10.7. The van der Waals surface area contributed by atoms with E-state index in [1.54, 1.807) is 43.5 Å². The quantitative estimate of drug-likeness (QED) is 0.798. The van der Waals surface area contributed by atoms with Crippen molar-refractivity contribution in [2.45, 2.75) is 13.8 Å². The van der Waals surface area contributed by atoms with Crippen LogP contribution >= 0.6 is 0 Å². The number of aryl methyl sites for hydroxylation is 2. The van der Waals surface area contributed by atoms with Crippen LogP contribution in [-0.2, 0) is 0 Å². The Hall–Kier alpha value is -3.08. The lowest BCUT2D eigenvalue weighted by Crippen LogP contribution is -2.15. The molecule has 0 saturated carbocycles. The van der Waals surface area contributed by atoms with Gasteiger partial charge in [-0.05, 0) is 49.2 Å². The van der Waals surface area contributed by atoms with E-state index in [0.717, 1.165) is 11.1 Å². The summed E-state index contributed by atoms with van der Waals surface area (Å²) in [7, 11) is 1.55. The predicted octanol–water partition coefficient (Wildman–Crippen LogP) is 3.67. The molecule has 0 unspecified atom stereocenters. The number of hydrogen-bond acceptors (Lipinski definition) is 4. The summed E-state index contributed by atoms with van der Waals surface area (Å²) in [6.45, 7) is 3.86. The van der Waals surface area contributed by atoms with E-state index in [0.29, 0.717) is 22.4 Å². The molecule has 0 radical (unpaired) electrons. The van der Waals surface area contributed by atoms with Crippen LogP contribution in [0.2, 0.25) is 0 Å². The van der Waals surface area contributed by atoms with Crippen molar-refractivity contribution in [3.05, 3.63) is 69.6 Å². The monoisotopic (exact) mass is 323 g/mol. The molecule has 0 fully saturated rings. The number of benzene rings is 2. The fraction of sp³-hybridized carbons (Fsp3) is 0.158. The molecule has 0 saturated heterocycles. The maximum absolute atomic E-state index is 12.4. The van der Waals surface area contributed by atoms with E-state index in [1.807, 2.05) is 13.8 Å². The van der Waals surface area contributed by atoms with Crippen LogP contribution in [0.4, 0.5) is 5.69 Å². The van der Waals surface area contributed by atoms with E-state index in [1.165, 1.54) is 6.07 Å². The lowest BCUT2D eigenvalue weighted by atomic mass is 10.1. The molecule has 0 aliphatic carbocycles. The van der Waals surface area contributed by atoms with Crippen LogP contribution < -0.4 is 15.5 Å². The first-order valence-electron chi connectivity index (χ1n) is 7.48. The number of anilines is 1. The lowest BCUT2D eigenvalue weighted by molar-refractivity contribution is 0.0997. The minimum atomic E-state index is -0.486. The second-order valence-corrected chi connectivity index (χ2v) is 5.59. The number of nitrogens with one attached hydrogen (secondary N) is 1. The zero-order chi connectivity index (χ0) is 17.3. The van der Waals surface area contributed by atoms with Crippen LogP contribution in [0.3, 0.4) is 0 Å². The minimum absolute atomic E-state index is 0.0291. The number of amides is 1. The van der Waals surface area contributed by atoms with Gasteiger partial charge in [0.05, 0.1) is 12.5 Å². The number of carbonyl (C=O) groups is 1. The molecule has 0 aliphatic heterocycles. The molecule has 1 N–H and O–H groups in total. The number of rotatable bonds is 3. The van der Waals surface area contributed by atoms with Gasteiger partial charge in [-0.15, -0.1) is 0 Å². The number of methoxy groups -OCH3 is 1. The summed E-state index contributed by atoms with van der Waals surface area (Å²) in [6.07, 6.45) is 0. The molecule has 1 heterocycles. The first-order chi connectivity index (χ1) is 11.5. The molecule has 3 rings (SSSR count). The third-order valence-electron chi connectivity index (χ3n) is 3.89. The van der Waals surface area contributed by atoms with Crippen LogP contribution in [0.1, 0.15) is 21.7 Å². The summed E-state index contributed by atoms with van der Waals surface area (Å²) in [5.74, 6) is 0.109. The molecule has 0 spiro atoms. The Morgan fingerprint density at radius 1 is 1.08 bits per heavy atom. The summed E-state index contributed by atoms with van der Waals surface area (Å²) >= 11 is 0. The van der Waals surface area contributed by atoms with Gasteiger partial charge in [0.15, 0.2) is 11.2 Å². The number of carbonyl (C=O) groups excluding carboxylic acids is 1. The Kier molecular flexibility index (Phi) is 4.08. The van der Waals surface area contributed by atoms with Crippen LogP contribution in [-0.4, -0.2) is 13.0 Å². The van der Waals surface area contributed by atoms with E-state index in [4.69, 9.17) is 9.15 Å². The molecule has 24 heavy (non-hydrogen) atoms. The molecule has 2 aromatic carbocycles. The zero-order valence-electron chi connectivity index (χ0n) is 13.7.